The number of halogens is 2. The van der Waals surface area contributed by atoms with E-state index in [4.69, 9.17) is 11.6 Å². The molecule has 2 aromatic rings. The fourth-order valence-corrected chi connectivity index (χ4v) is 3.22. The molecular formula is C15H20ClFN4O2S. The molecule has 1 N–H and O–H groups in total. The van der Waals surface area contributed by atoms with E-state index in [0.29, 0.717) is 24.0 Å². The van der Waals surface area contributed by atoms with E-state index in [1.165, 1.54) is 16.8 Å². The molecule has 0 unspecified atom stereocenters. The summed E-state index contributed by atoms with van der Waals surface area (Å²) in [5.41, 5.74) is 0.127. The van der Waals surface area contributed by atoms with E-state index in [0.717, 1.165) is 6.26 Å². The Kier molecular flexibility index (Phi) is 5.62. The Morgan fingerprint density at radius 2 is 2.00 bits per heavy atom. The average molecular weight is 375 g/mol. The van der Waals surface area contributed by atoms with Gasteiger partial charge >= 0.3 is 0 Å². The van der Waals surface area contributed by atoms with Crippen LogP contribution in [0.25, 0.3) is 5.69 Å². The summed E-state index contributed by atoms with van der Waals surface area (Å²) >= 11 is 5.85. The van der Waals surface area contributed by atoms with Crippen molar-refractivity contribution in [3.63, 3.8) is 0 Å². The van der Waals surface area contributed by atoms with Crippen LogP contribution in [0.4, 0.5) is 4.39 Å². The van der Waals surface area contributed by atoms with Crippen molar-refractivity contribution in [3.8, 4) is 5.69 Å². The zero-order valence-corrected chi connectivity index (χ0v) is 15.5. The summed E-state index contributed by atoms with van der Waals surface area (Å²) < 4.78 is 41.1. The highest BCUT2D eigenvalue weighted by atomic mass is 35.5. The molecule has 6 nitrogen and oxygen atoms in total. The first kappa shape index (κ1) is 18.8. The predicted molar refractivity (Wildman–Crippen MR) is 91.3 cm³/mol. The third-order valence-corrected chi connectivity index (χ3v) is 4.28. The Labute approximate surface area is 146 Å². The van der Waals surface area contributed by atoms with E-state index in [1.807, 2.05) is 13.8 Å². The third kappa shape index (κ3) is 4.52. The van der Waals surface area contributed by atoms with Crippen molar-refractivity contribution in [2.24, 2.45) is 5.92 Å². The van der Waals surface area contributed by atoms with Gasteiger partial charge in [0.2, 0.25) is 10.0 Å². The van der Waals surface area contributed by atoms with Crippen LogP contribution in [0.2, 0.25) is 5.02 Å². The molecule has 1 atom stereocenters. The molecule has 0 amide bonds. The van der Waals surface area contributed by atoms with Gasteiger partial charge in [-0.15, -0.1) is 0 Å². The van der Waals surface area contributed by atoms with Crippen LogP contribution < -0.4 is 4.72 Å². The Morgan fingerprint density at radius 3 is 2.58 bits per heavy atom. The lowest BCUT2D eigenvalue weighted by Crippen LogP contribution is -2.27. The molecule has 0 saturated carbocycles. The zero-order valence-electron chi connectivity index (χ0n) is 13.9. The van der Waals surface area contributed by atoms with Gasteiger partial charge in [-0.1, -0.05) is 31.5 Å². The van der Waals surface area contributed by atoms with Crippen molar-refractivity contribution in [2.45, 2.75) is 33.2 Å². The minimum atomic E-state index is -3.45. The van der Waals surface area contributed by atoms with Crippen molar-refractivity contribution < 1.29 is 12.8 Å². The largest absolute Gasteiger partial charge is 0.214 e. The molecule has 2 rings (SSSR count). The molecule has 0 saturated heterocycles. The SMILES string of the molecule is CC(C)Cc1nc([C@@H](C)NS(C)(=O)=O)n(-c2cccc(Cl)c2F)n1. The van der Waals surface area contributed by atoms with Gasteiger partial charge in [-0.05, 0) is 25.0 Å². The van der Waals surface area contributed by atoms with Gasteiger partial charge in [0.1, 0.15) is 5.69 Å². The van der Waals surface area contributed by atoms with E-state index in [9.17, 15) is 12.8 Å². The first-order chi connectivity index (χ1) is 11.1. The fraction of sp³-hybridized carbons (Fsp3) is 0.467. The second kappa shape index (κ2) is 7.16. The first-order valence-corrected chi connectivity index (χ1v) is 9.73. The van der Waals surface area contributed by atoms with E-state index in [-0.39, 0.29) is 10.7 Å². The van der Waals surface area contributed by atoms with Gasteiger partial charge in [0, 0.05) is 6.42 Å². The van der Waals surface area contributed by atoms with Gasteiger partial charge in [0.25, 0.3) is 0 Å². The standard InChI is InChI=1S/C15H20ClFN4O2S/c1-9(2)8-13-18-15(10(3)20-24(4,22)23)21(19-13)12-7-5-6-11(16)14(12)17/h5-7,9-10,20H,8H2,1-4H3/t10-/m1/s1. The van der Waals surface area contributed by atoms with E-state index < -0.39 is 21.9 Å². The second-order valence-electron chi connectivity index (χ2n) is 6.08. The van der Waals surface area contributed by atoms with Crippen molar-refractivity contribution in [3.05, 3.63) is 40.7 Å². The lowest BCUT2D eigenvalue weighted by molar-refractivity contribution is 0.555. The normalized spacial score (nSPS) is 13.5. The molecule has 0 bridgehead atoms. The maximum Gasteiger partial charge on any atom is 0.209 e. The number of nitrogens with one attached hydrogen (secondary N) is 1. The molecule has 1 heterocycles. The van der Waals surface area contributed by atoms with Crippen LogP contribution in [-0.2, 0) is 16.4 Å². The van der Waals surface area contributed by atoms with Crippen LogP contribution in [0.3, 0.4) is 0 Å². The highest BCUT2D eigenvalue weighted by Crippen LogP contribution is 2.24. The lowest BCUT2D eigenvalue weighted by atomic mass is 10.1. The maximum atomic E-state index is 14.4. The predicted octanol–water partition coefficient (Wildman–Crippen LogP) is 2.87. The molecule has 0 radical (unpaired) electrons. The highest BCUT2D eigenvalue weighted by Gasteiger charge is 2.22. The Hall–Kier alpha value is -1.51. The third-order valence-electron chi connectivity index (χ3n) is 3.20. The number of nitrogens with zero attached hydrogens (tertiary/aromatic N) is 3. The lowest BCUT2D eigenvalue weighted by Gasteiger charge is -2.13. The van der Waals surface area contributed by atoms with Gasteiger partial charge in [0.15, 0.2) is 17.5 Å². The minimum absolute atomic E-state index is 0.0388. The van der Waals surface area contributed by atoms with Crippen LogP contribution in [0.1, 0.15) is 38.5 Å². The summed E-state index contributed by atoms with van der Waals surface area (Å²) in [6.07, 6.45) is 1.65. The summed E-state index contributed by atoms with van der Waals surface area (Å²) in [5, 5.41) is 4.31. The number of benzene rings is 1. The quantitative estimate of drug-likeness (QED) is 0.843. The summed E-state index contributed by atoms with van der Waals surface area (Å²) in [4.78, 5) is 4.40. The van der Waals surface area contributed by atoms with Crippen molar-refractivity contribution in [1.82, 2.24) is 19.5 Å². The molecule has 24 heavy (non-hydrogen) atoms. The van der Waals surface area contributed by atoms with E-state index >= 15 is 0 Å². The first-order valence-electron chi connectivity index (χ1n) is 7.46. The molecule has 0 aliphatic carbocycles. The molecule has 0 aliphatic rings. The highest BCUT2D eigenvalue weighted by molar-refractivity contribution is 7.88. The molecule has 0 spiro atoms. The molecule has 1 aromatic heterocycles. The summed E-state index contributed by atoms with van der Waals surface area (Å²) in [6, 6.07) is 3.88. The van der Waals surface area contributed by atoms with Gasteiger partial charge in [-0.3, -0.25) is 0 Å². The van der Waals surface area contributed by atoms with Crippen molar-refractivity contribution in [1.29, 1.82) is 0 Å². The summed E-state index contributed by atoms with van der Waals surface area (Å²) in [6.45, 7) is 5.65. The zero-order chi connectivity index (χ0) is 18.1. The van der Waals surface area contributed by atoms with E-state index in [2.05, 4.69) is 14.8 Å². The van der Waals surface area contributed by atoms with Crippen LogP contribution >= 0.6 is 11.6 Å². The smallest absolute Gasteiger partial charge is 0.209 e. The topological polar surface area (TPSA) is 76.9 Å². The number of sulfonamides is 1. The van der Waals surface area contributed by atoms with Gasteiger partial charge in [-0.2, -0.15) is 5.10 Å². The Bertz CT molecular complexity index is 836. The van der Waals surface area contributed by atoms with Crippen LogP contribution in [0.15, 0.2) is 18.2 Å². The Morgan fingerprint density at radius 1 is 1.33 bits per heavy atom. The number of aromatic nitrogens is 3. The monoisotopic (exact) mass is 374 g/mol. The molecule has 132 valence electrons. The van der Waals surface area contributed by atoms with Crippen LogP contribution in [0.5, 0.6) is 0 Å². The second-order valence-corrected chi connectivity index (χ2v) is 8.27. The summed E-state index contributed by atoms with van der Waals surface area (Å²) in [7, 11) is -3.45. The van der Waals surface area contributed by atoms with Gasteiger partial charge in [-0.25, -0.2) is 27.2 Å². The molecule has 9 heteroatoms. The van der Waals surface area contributed by atoms with Crippen LogP contribution in [0, 0.1) is 11.7 Å². The molecule has 1 aromatic carbocycles. The number of hydrogen-bond acceptors (Lipinski definition) is 4. The molecule has 0 aliphatic heterocycles. The maximum absolute atomic E-state index is 14.4. The average Bonchev–Trinajstić information content (AvgIpc) is 2.83. The number of rotatable bonds is 6. The van der Waals surface area contributed by atoms with E-state index in [1.54, 1.807) is 13.0 Å². The van der Waals surface area contributed by atoms with Crippen molar-refractivity contribution in [2.75, 3.05) is 6.26 Å². The fourth-order valence-electron chi connectivity index (χ4n) is 2.31. The van der Waals surface area contributed by atoms with Gasteiger partial charge in [0.05, 0.1) is 17.3 Å². The molecular weight excluding hydrogens is 355 g/mol. The van der Waals surface area contributed by atoms with Gasteiger partial charge < -0.3 is 0 Å². The van der Waals surface area contributed by atoms with Crippen LogP contribution in [-0.4, -0.2) is 29.4 Å². The molecule has 0 fully saturated rings. The Balaban J connectivity index is 2.56. The summed E-state index contributed by atoms with van der Waals surface area (Å²) in [5.74, 6) is 0.489. The minimum Gasteiger partial charge on any atom is -0.214 e. The van der Waals surface area contributed by atoms with Crippen molar-refractivity contribution >= 4 is 21.6 Å². The number of hydrogen-bond donors (Lipinski definition) is 1.